The molecule has 1 aromatic heterocycles. The molecular formula is C21H19ClN2O4. The van der Waals surface area contributed by atoms with Crippen LogP contribution in [-0.2, 0) is 27.4 Å². The van der Waals surface area contributed by atoms with Crippen molar-refractivity contribution < 1.29 is 18.7 Å². The fourth-order valence-corrected chi connectivity index (χ4v) is 4.64. The SMILES string of the molecule is O=C(NCc1ccc(Cl)cc1)[C@H]1[C@H]2C=C[C@@]3(CN(Cc4ccco4)C(=O)[C@@H]13)O2. The maximum atomic E-state index is 13.1. The molecule has 0 aliphatic carbocycles. The lowest BCUT2D eigenvalue weighted by atomic mass is 9.77. The Hall–Kier alpha value is -2.57. The molecule has 2 aromatic rings. The topological polar surface area (TPSA) is 71.8 Å². The van der Waals surface area contributed by atoms with Crippen molar-refractivity contribution in [2.75, 3.05) is 6.54 Å². The van der Waals surface area contributed by atoms with Gasteiger partial charge in [0.25, 0.3) is 0 Å². The molecule has 4 heterocycles. The van der Waals surface area contributed by atoms with Gasteiger partial charge in [0, 0.05) is 11.6 Å². The molecule has 2 fully saturated rings. The van der Waals surface area contributed by atoms with Crippen molar-refractivity contribution in [3.63, 3.8) is 0 Å². The molecule has 2 amide bonds. The van der Waals surface area contributed by atoms with E-state index in [1.807, 2.05) is 30.4 Å². The van der Waals surface area contributed by atoms with Crippen molar-refractivity contribution in [2.24, 2.45) is 11.8 Å². The third kappa shape index (κ3) is 2.75. The van der Waals surface area contributed by atoms with E-state index in [0.29, 0.717) is 30.4 Å². The maximum Gasteiger partial charge on any atom is 0.230 e. The quantitative estimate of drug-likeness (QED) is 0.785. The molecule has 5 rings (SSSR count). The Balaban J connectivity index is 1.32. The number of benzene rings is 1. The van der Waals surface area contributed by atoms with E-state index in [1.165, 1.54) is 0 Å². The number of hydrogen-bond donors (Lipinski definition) is 1. The Bertz CT molecular complexity index is 940. The zero-order valence-corrected chi connectivity index (χ0v) is 15.8. The third-order valence-electron chi connectivity index (χ3n) is 5.79. The highest BCUT2D eigenvalue weighted by Crippen LogP contribution is 2.52. The molecule has 28 heavy (non-hydrogen) atoms. The number of halogens is 1. The Morgan fingerprint density at radius 2 is 2.11 bits per heavy atom. The predicted molar refractivity (Wildman–Crippen MR) is 101 cm³/mol. The van der Waals surface area contributed by atoms with Gasteiger partial charge in [-0.2, -0.15) is 0 Å². The number of likely N-dealkylation sites (tertiary alicyclic amines) is 1. The van der Waals surface area contributed by atoms with Crippen molar-refractivity contribution >= 4 is 23.4 Å². The minimum Gasteiger partial charge on any atom is -0.467 e. The van der Waals surface area contributed by atoms with Gasteiger partial charge < -0.3 is 19.4 Å². The van der Waals surface area contributed by atoms with Gasteiger partial charge in [0.15, 0.2) is 0 Å². The monoisotopic (exact) mass is 398 g/mol. The molecule has 3 aliphatic rings. The molecule has 1 aromatic carbocycles. The second kappa shape index (κ2) is 6.50. The van der Waals surface area contributed by atoms with Crippen molar-refractivity contribution in [3.8, 4) is 0 Å². The van der Waals surface area contributed by atoms with Crippen LogP contribution in [0.2, 0.25) is 5.02 Å². The number of fused-ring (bicyclic) bond motifs is 1. The van der Waals surface area contributed by atoms with Gasteiger partial charge >= 0.3 is 0 Å². The summed E-state index contributed by atoms with van der Waals surface area (Å²) in [7, 11) is 0. The first kappa shape index (κ1) is 17.5. The highest BCUT2D eigenvalue weighted by atomic mass is 35.5. The minimum absolute atomic E-state index is 0.0603. The van der Waals surface area contributed by atoms with Gasteiger partial charge in [-0.25, -0.2) is 0 Å². The fraction of sp³-hybridized carbons (Fsp3) is 0.333. The molecule has 1 spiro atoms. The van der Waals surface area contributed by atoms with E-state index in [4.69, 9.17) is 20.8 Å². The average molecular weight is 399 g/mol. The molecule has 1 N–H and O–H groups in total. The zero-order valence-electron chi connectivity index (χ0n) is 15.0. The number of nitrogens with zero attached hydrogens (tertiary/aromatic N) is 1. The largest absolute Gasteiger partial charge is 0.467 e. The van der Waals surface area contributed by atoms with Gasteiger partial charge in [0.1, 0.15) is 11.4 Å². The van der Waals surface area contributed by atoms with Gasteiger partial charge in [-0.1, -0.05) is 35.9 Å². The normalized spacial score (nSPS) is 30.1. The summed E-state index contributed by atoms with van der Waals surface area (Å²) in [5, 5.41) is 3.60. The number of carbonyl (C=O) groups is 2. The Morgan fingerprint density at radius 3 is 2.86 bits per heavy atom. The number of rotatable bonds is 5. The van der Waals surface area contributed by atoms with Gasteiger partial charge in [0.05, 0.1) is 37.3 Å². The first-order chi connectivity index (χ1) is 13.6. The first-order valence-electron chi connectivity index (χ1n) is 9.26. The first-order valence-corrected chi connectivity index (χ1v) is 9.64. The van der Waals surface area contributed by atoms with E-state index in [1.54, 1.807) is 29.4 Å². The number of ether oxygens (including phenoxy) is 1. The number of hydrogen-bond acceptors (Lipinski definition) is 4. The summed E-state index contributed by atoms with van der Waals surface area (Å²) in [6.07, 6.45) is 5.09. The molecule has 144 valence electrons. The number of carbonyl (C=O) groups excluding carboxylic acids is 2. The van der Waals surface area contributed by atoms with Gasteiger partial charge in [-0.15, -0.1) is 0 Å². The molecule has 3 aliphatic heterocycles. The maximum absolute atomic E-state index is 13.1. The summed E-state index contributed by atoms with van der Waals surface area (Å²) in [6.45, 7) is 1.20. The van der Waals surface area contributed by atoms with Crippen LogP contribution in [-0.4, -0.2) is 35.0 Å². The van der Waals surface area contributed by atoms with E-state index < -0.39 is 17.4 Å². The summed E-state index contributed by atoms with van der Waals surface area (Å²) < 4.78 is 11.5. The van der Waals surface area contributed by atoms with Crippen LogP contribution >= 0.6 is 11.6 Å². The van der Waals surface area contributed by atoms with Gasteiger partial charge in [-0.05, 0) is 29.8 Å². The molecule has 2 bridgehead atoms. The fourth-order valence-electron chi connectivity index (χ4n) is 4.51. The average Bonchev–Trinajstić information content (AvgIpc) is 3.45. The summed E-state index contributed by atoms with van der Waals surface area (Å²) in [6, 6.07) is 10.9. The third-order valence-corrected chi connectivity index (χ3v) is 6.04. The smallest absolute Gasteiger partial charge is 0.230 e. The highest BCUT2D eigenvalue weighted by molar-refractivity contribution is 6.30. The molecule has 0 unspecified atom stereocenters. The molecule has 0 radical (unpaired) electrons. The Labute approximate surface area is 167 Å². The van der Waals surface area contributed by atoms with Crippen molar-refractivity contribution in [3.05, 3.63) is 71.2 Å². The van der Waals surface area contributed by atoms with Crippen molar-refractivity contribution in [1.29, 1.82) is 0 Å². The minimum atomic E-state index is -0.712. The van der Waals surface area contributed by atoms with Crippen LogP contribution < -0.4 is 5.32 Å². The Morgan fingerprint density at radius 1 is 1.29 bits per heavy atom. The second-order valence-electron chi connectivity index (χ2n) is 7.52. The van der Waals surface area contributed by atoms with E-state index in [9.17, 15) is 9.59 Å². The Kier molecular flexibility index (Phi) is 4.07. The van der Waals surface area contributed by atoms with Gasteiger partial charge in [0.2, 0.25) is 11.8 Å². The van der Waals surface area contributed by atoms with Crippen LogP contribution in [0.1, 0.15) is 11.3 Å². The standard InChI is InChI=1S/C21H19ClN2O4/c22-14-5-3-13(4-6-14)10-23-19(25)17-16-7-8-21(28-16)12-24(20(26)18(17)21)11-15-2-1-9-27-15/h1-9,16-18H,10-12H2,(H,23,25)/t16-,17+,18-,21+/m1/s1. The van der Waals surface area contributed by atoms with Crippen molar-refractivity contribution in [1.82, 2.24) is 10.2 Å². The summed E-state index contributed by atoms with van der Waals surface area (Å²) >= 11 is 5.90. The van der Waals surface area contributed by atoms with Gasteiger partial charge in [-0.3, -0.25) is 9.59 Å². The zero-order chi connectivity index (χ0) is 19.3. The van der Waals surface area contributed by atoms with Crippen LogP contribution in [0.4, 0.5) is 0 Å². The molecule has 6 nitrogen and oxygen atoms in total. The van der Waals surface area contributed by atoms with E-state index in [0.717, 1.165) is 5.56 Å². The van der Waals surface area contributed by atoms with Crippen LogP contribution in [0.3, 0.4) is 0 Å². The predicted octanol–water partition coefficient (Wildman–Crippen LogP) is 2.53. The molecular weight excluding hydrogens is 380 g/mol. The molecule has 7 heteroatoms. The van der Waals surface area contributed by atoms with E-state index in [-0.39, 0.29) is 17.9 Å². The lowest BCUT2D eigenvalue weighted by Gasteiger charge is -2.23. The molecule has 2 saturated heterocycles. The summed E-state index contributed by atoms with van der Waals surface area (Å²) in [4.78, 5) is 27.8. The summed E-state index contributed by atoms with van der Waals surface area (Å²) in [5.41, 5.74) is 0.237. The lowest BCUT2D eigenvalue weighted by molar-refractivity contribution is -0.138. The molecule has 0 saturated carbocycles. The van der Waals surface area contributed by atoms with Crippen molar-refractivity contribution in [2.45, 2.75) is 24.8 Å². The van der Waals surface area contributed by atoms with Crippen LogP contribution in [0.25, 0.3) is 0 Å². The van der Waals surface area contributed by atoms with Crippen LogP contribution in [0, 0.1) is 11.8 Å². The highest BCUT2D eigenvalue weighted by Gasteiger charge is 2.66. The number of amides is 2. The van der Waals surface area contributed by atoms with Crippen LogP contribution in [0.15, 0.2) is 59.2 Å². The lowest BCUT2D eigenvalue weighted by Crippen LogP contribution is -2.43. The number of furan rings is 1. The molecule has 4 atom stereocenters. The van der Waals surface area contributed by atoms with E-state index in [2.05, 4.69) is 5.32 Å². The second-order valence-corrected chi connectivity index (χ2v) is 7.95. The van der Waals surface area contributed by atoms with E-state index >= 15 is 0 Å². The number of nitrogens with one attached hydrogen (secondary N) is 1. The van der Waals surface area contributed by atoms with Crippen LogP contribution in [0.5, 0.6) is 0 Å². The summed E-state index contributed by atoms with van der Waals surface area (Å²) in [5.74, 6) is -0.527.